The van der Waals surface area contributed by atoms with E-state index >= 15 is 0 Å². The number of rotatable bonds is 6. The zero-order valence-electron chi connectivity index (χ0n) is 15.6. The van der Waals surface area contributed by atoms with Crippen LogP contribution in [0.5, 0.6) is 5.75 Å². The lowest BCUT2D eigenvalue weighted by Gasteiger charge is -2.12. The number of aryl methyl sites for hydroxylation is 3. The average Bonchev–Trinajstić information content (AvgIpc) is 2.63. The van der Waals surface area contributed by atoms with E-state index in [2.05, 4.69) is 46.6 Å². The van der Waals surface area contributed by atoms with Crippen molar-refractivity contribution in [3.8, 4) is 5.75 Å². The molecule has 0 unspecified atom stereocenters. The molecule has 0 saturated carbocycles. The normalized spacial score (nSPS) is 10.5. The molecule has 0 aliphatic heterocycles. The van der Waals surface area contributed by atoms with Crippen LogP contribution in [0.15, 0.2) is 48.5 Å². The van der Waals surface area contributed by atoms with Gasteiger partial charge < -0.3 is 15.4 Å². The fourth-order valence-electron chi connectivity index (χ4n) is 2.70. The van der Waals surface area contributed by atoms with Gasteiger partial charge >= 0.3 is 0 Å². The predicted octanol–water partition coefficient (Wildman–Crippen LogP) is 4.77. The van der Waals surface area contributed by atoms with Crippen LogP contribution in [0.2, 0.25) is 0 Å². The van der Waals surface area contributed by atoms with E-state index in [1.54, 1.807) is 7.11 Å². The van der Waals surface area contributed by atoms with Crippen LogP contribution < -0.4 is 15.4 Å². The number of nitrogens with one attached hydrogen (secondary N) is 2. The number of hydrogen-bond acceptors (Lipinski definition) is 5. The summed E-state index contributed by atoms with van der Waals surface area (Å²) in [6.45, 7) is 6.78. The molecule has 3 aromatic rings. The van der Waals surface area contributed by atoms with Crippen LogP contribution in [0.4, 0.5) is 17.5 Å². The Morgan fingerprint density at radius 1 is 0.923 bits per heavy atom. The molecule has 0 radical (unpaired) electrons. The minimum absolute atomic E-state index is 0.579. The van der Waals surface area contributed by atoms with E-state index in [0.29, 0.717) is 12.5 Å². The van der Waals surface area contributed by atoms with Crippen LogP contribution in [0, 0.1) is 20.8 Å². The van der Waals surface area contributed by atoms with Gasteiger partial charge in [-0.2, -0.15) is 4.98 Å². The van der Waals surface area contributed by atoms with Crippen LogP contribution in [-0.2, 0) is 6.54 Å². The third-order valence-corrected chi connectivity index (χ3v) is 4.27. The van der Waals surface area contributed by atoms with Gasteiger partial charge in [-0.05, 0) is 50.1 Å². The molecule has 134 valence electrons. The summed E-state index contributed by atoms with van der Waals surface area (Å²) in [5.74, 6) is 2.21. The molecule has 5 nitrogen and oxygen atoms in total. The number of para-hydroxylation sites is 1. The second kappa shape index (κ2) is 7.87. The van der Waals surface area contributed by atoms with E-state index in [1.807, 2.05) is 43.3 Å². The molecule has 0 spiro atoms. The summed E-state index contributed by atoms with van der Waals surface area (Å²) in [6, 6.07) is 16.1. The largest absolute Gasteiger partial charge is 0.496 e. The van der Waals surface area contributed by atoms with Crippen LogP contribution in [0.1, 0.15) is 22.4 Å². The van der Waals surface area contributed by atoms with Crippen molar-refractivity contribution in [1.82, 2.24) is 9.97 Å². The highest BCUT2D eigenvalue weighted by Gasteiger charge is 2.06. The Hall–Kier alpha value is -3.08. The van der Waals surface area contributed by atoms with Crippen molar-refractivity contribution in [2.24, 2.45) is 0 Å². The maximum absolute atomic E-state index is 5.40. The molecule has 2 N–H and O–H groups in total. The topological polar surface area (TPSA) is 59.1 Å². The molecule has 3 rings (SSSR count). The van der Waals surface area contributed by atoms with E-state index < -0.39 is 0 Å². The fourth-order valence-corrected chi connectivity index (χ4v) is 2.70. The number of nitrogens with zero attached hydrogens (tertiary/aromatic N) is 2. The zero-order chi connectivity index (χ0) is 18.5. The first kappa shape index (κ1) is 17.7. The summed E-state index contributed by atoms with van der Waals surface area (Å²) in [7, 11) is 1.68. The second-order valence-electron chi connectivity index (χ2n) is 6.31. The lowest BCUT2D eigenvalue weighted by atomic mass is 10.1. The van der Waals surface area contributed by atoms with Crippen molar-refractivity contribution in [3.05, 3.63) is 70.9 Å². The van der Waals surface area contributed by atoms with Crippen LogP contribution in [0.3, 0.4) is 0 Å². The third kappa shape index (κ3) is 4.30. The lowest BCUT2D eigenvalue weighted by molar-refractivity contribution is 0.410. The minimum atomic E-state index is 0.579. The molecule has 0 fully saturated rings. The highest BCUT2D eigenvalue weighted by Crippen LogP contribution is 2.21. The van der Waals surface area contributed by atoms with Crippen molar-refractivity contribution < 1.29 is 4.74 Å². The molecule has 0 aliphatic rings. The highest BCUT2D eigenvalue weighted by molar-refractivity contribution is 5.57. The van der Waals surface area contributed by atoms with Crippen LogP contribution in [0.25, 0.3) is 0 Å². The van der Waals surface area contributed by atoms with Gasteiger partial charge in [0.1, 0.15) is 11.6 Å². The first-order valence-electron chi connectivity index (χ1n) is 8.61. The summed E-state index contributed by atoms with van der Waals surface area (Å²) in [5.41, 5.74) is 5.45. The predicted molar refractivity (Wildman–Crippen MR) is 106 cm³/mol. The Kier molecular flexibility index (Phi) is 5.37. The first-order chi connectivity index (χ1) is 12.5. The number of ether oxygens (including phenoxy) is 1. The van der Waals surface area contributed by atoms with E-state index in [-0.39, 0.29) is 0 Å². The zero-order valence-corrected chi connectivity index (χ0v) is 15.6. The standard InChI is InChI=1S/C21H24N4O/c1-14-9-10-18(11-15(14)2)24-21-23-16(3)12-20(25-21)22-13-17-7-5-6-8-19(17)26-4/h5-12H,13H2,1-4H3,(H2,22,23,24,25). The van der Waals surface area contributed by atoms with Crippen LogP contribution in [-0.4, -0.2) is 17.1 Å². The molecule has 5 heteroatoms. The first-order valence-corrected chi connectivity index (χ1v) is 8.61. The van der Waals surface area contributed by atoms with Crippen molar-refractivity contribution in [1.29, 1.82) is 0 Å². The number of hydrogen-bond donors (Lipinski definition) is 2. The van der Waals surface area contributed by atoms with E-state index in [9.17, 15) is 0 Å². The van der Waals surface area contributed by atoms with Gasteiger partial charge in [0.15, 0.2) is 0 Å². The summed E-state index contributed by atoms with van der Waals surface area (Å²) in [4.78, 5) is 9.06. The molecule has 0 bridgehead atoms. The molecule has 0 atom stereocenters. The highest BCUT2D eigenvalue weighted by atomic mass is 16.5. The van der Waals surface area contributed by atoms with E-state index in [1.165, 1.54) is 11.1 Å². The van der Waals surface area contributed by atoms with Gasteiger partial charge in [0.05, 0.1) is 7.11 Å². The monoisotopic (exact) mass is 348 g/mol. The molecular formula is C21H24N4O. The van der Waals surface area contributed by atoms with Crippen molar-refractivity contribution >= 4 is 17.5 Å². The molecule has 1 heterocycles. The molecule has 0 saturated heterocycles. The number of methoxy groups -OCH3 is 1. The van der Waals surface area contributed by atoms with Crippen molar-refractivity contribution in [2.45, 2.75) is 27.3 Å². The van der Waals surface area contributed by atoms with Gasteiger partial charge in [-0.1, -0.05) is 24.3 Å². The molecule has 0 aliphatic carbocycles. The van der Waals surface area contributed by atoms with Gasteiger partial charge in [-0.3, -0.25) is 0 Å². The Labute approximate surface area is 154 Å². The quantitative estimate of drug-likeness (QED) is 0.672. The third-order valence-electron chi connectivity index (χ3n) is 4.27. The Morgan fingerprint density at radius 3 is 2.50 bits per heavy atom. The maximum Gasteiger partial charge on any atom is 0.229 e. The molecule has 0 amide bonds. The van der Waals surface area contributed by atoms with Gasteiger partial charge in [0.25, 0.3) is 0 Å². The van der Waals surface area contributed by atoms with Gasteiger partial charge in [0.2, 0.25) is 5.95 Å². The molecule has 1 aromatic heterocycles. The summed E-state index contributed by atoms with van der Waals surface area (Å²) in [5, 5.41) is 6.64. The Balaban J connectivity index is 1.76. The SMILES string of the molecule is COc1ccccc1CNc1cc(C)nc(Nc2ccc(C)c(C)c2)n1. The summed E-state index contributed by atoms with van der Waals surface area (Å²) < 4.78 is 5.40. The molecule has 26 heavy (non-hydrogen) atoms. The lowest BCUT2D eigenvalue weighted by Crippen LogP contribution is -2.06. The number of anilines is 3. The van der Waals surface area contributed by atoms with E-state index in [0.717, 1.165) is 28.5 Å². The fraction of sp³-hybridized carbons (Fsp3) is 0.238. The number of aromatic nitrogens is 2. The smallest absolute Gasteiger partial charge is 0.229 e. The van der Waals surface area contributed by atoms with Gasteiger partial charge in [-0.25, -0.2) is 4.98 Å². The average molecular weight is 348 g/mol. The Bertz CT molecular complexity index is 908. The van der Waals surface area contributed by atoms with E-state index in [4.69, 9.17) is 4.74 Å². The number of benzene rings is 2. The Morgan fingerprint density at radius 2 is 1.73 bits per heavy atom. The molecular weight excluding hydrogens is 324 g/mol. The molecule has 2 aromatic carbocycles. The van der Waals surface area contributed by atoms with Gasteiger partial charge in [-0.15, -0.1) is 0 Å². The second-order valence-corrected chi connectivity index (χ2v) is 6.31. The van der Waals surface area contributed by atoms with Gasteiger partial charge in [0, 0.05) is 29.6 Å². The summed E-state index contributed by atoms with van der Waals surface area (Å²) >= 11 is 0. The minimum Gasteiger partial charge on any atom is -0.496 e. The summed E-state index contributed by atoms with van der Waals surface area (Å²) in [6.07, 6.45) is 0. The van der Waals surface area contributed by atoms with Crippen molar-refractivity contribution in [2.75, 3.05) is 17.7 Å². The maximum atomic E-state index is 5.40. The van der Waals surface area contributed by atoms with Crippen LogP contribution >= 0.6 is 0 Å². The van der Waals surface area contributed by atoms with Crippen molar-refractivity contribution in [3.63, 3.8) is 0 Å².